The van der Waals surface area contributed by atoms with Crippen LogP contribution in [0.1, 0.15) is 42.7 Å². The zero-order valence-electron chi connectivity index (χ0n) is 8.33. The average molecular weight is 218 g/mol. The van der Waals surface area contributed by atoms with Gasteiger partial charge in [-0.2, -0.15) is 0 Å². The summed E-state index contributed by atoms with van der Waals surface area (Å²) in [6.45, 7) is 5.83. The van der Waals surface area contributed by atoms with Gasteiger partial charge in [-0.25, -0.2) is 4.79 Å². The topological polar surface area (TPSA) is 52.3 Å². The van der Waals surface area contributed by atoms with Gasteiger partial charge in [-0.1, -0.05) is 19.0 Å². The molecule has 14 heavy (non-hydrogen) atoms. The fraction of sp³-hybridized carbons (Fsp3) is 0.556. The number of hydrogen-bond donors (Lipinski definition) is 0. The maximum atomic E-state index is 11.4. The highest BCUT2D eigenvalue weighted by molar-refractivity contribution is 6.31. The van der Waals surface area contributed by atoms with Crippen molar-refractivity contribution in [1.29, 1.82) is 0 Å². The Morgan fingerprint density at radius 1 is 1.64 bits per heavy atom. The third kappa shape index (κ3) is 2.07. The summed E-state index contributed by atoms with van der Waals surface area (Å²) in [5.74, 6) is -0.409. The van der Waals surface area contributed by atoms with Gasteiger partial charge in [0, 0.05) is 0 Å². The lowest BCUT2D eigenvalue weighted by molar-refractivity contribution is 0.0524. The molecule has 0 amide bonds. The molecule has 0 bridgehead atoms. The first-order valence-corrected chi connectivity index (χ1v) is 4.77. The van der Waals surface area contributed by atoms with E-state index in [1.807, 2.05) is 13.8 Å². The van der Waals surface area contributed by atoms with E-state index in [0.717, 1.165) is 0 Å². The summed E-state index contributed by atoms with van der Waals surface area (Å²) in [4.78, 5) is 11.4. The van der Waals surface area contributed by atoms with Gasteiger partial charge in [0.1, 0.15) is 11.3 Å². The molecule has 0 saturated carbocycles. The molecule has 0 saturated heterocycles. The standard InChI is InChI=1S/C9H12ClNO3/c1-4-13-9(12)6-7(5(2)3)11-14-8(6)10/h5H,4H2,1-3H3. The Labute approximate surface area is 87.2 Å². The average Bonchev–Trinajstić information content (AvgIpc) is 2.47. The zero-order chi connectivity index (χ0) is 10.7. The number of aromatic nitrogens is 1. The van der Waals surface area contributed by atoms with Gasteiger partial charge in [-0.05, 0) is 24.4 Å². The first kappa shape index (κ1) is 11.0. The van der Waals surface area contributed by atoms with E-state index in [0.29, 0.717) is 12.3 Å². The molecule has 0 aliphatic carbocycles. The van der Waals surface area contributed by atoms with Crippen LogP contribution >= 0.6 is 11.6 Å². The normalized spacial score (nSPS) is 10.6. The molecule has 1 aromatic rings. The maximum Gasteiger partial charge on any atom is 0.345 e. The minimum atomic E-state index is -0.484. The summed E-state index contributed by atoms with van der Waals surface area (Å²) in [5.41, 5.74) is 0.775. The molecule has 0 radical (unpaired) electrons. The Kier molecular flexibility index (Phi) is 3.52. The lowest BCUT2D eigenvalue weighted by Gasteiger charge is -2.03. The summed E-state index contributed by atoms with van der Waals surface area (Å²) >= 11 is 5.69. The van der Waals surface area contributed by atoms with Crippen LogP contribution < -0.4 is 0 Å². The van der Waals surface area contributed by atoms with Gasteiger partial charge in [-0.15, -0.1) is 0 Å². The smallest absolute Gasteiger partial charge is 0.345 e. The highest BCUT2D eigenvalue weighted by atomic mass is 35.5. The molecule has 0 spiro atoms. The van der Waals surface area contributed by atoms with Gasteiger partial charge in [-0.3, -0.25) is 0 Å². The predicted octanol–water partition coefficient (Wildman–Crippen LogP) is 2.63. The molecule has 0 aliphatic heterocycles. The summed E-state index contributed by atoms with van der Waals surface area (Å²) in [6.07, 6.45) is 0. The number of nitrogens with zero attached hydrogens (tertiary/aromatic N) is 1. The summed E-state index contributed by atoms with van der Waals surface area (Å²) in [7, 11) is 0. The Hall–Kier alpha value is -1.03. The summed E-state index contributed by atoms with van der Waals surface area (Å²) in [5, 5.41) is 3.70. The first-order valence-electron chi connectivity index (χ1n) is 4.40. The van der Waals surface area contributed by atoms with Crippen molar-refractivity contribution in [1.82, 2.24) is 5.16 Å². The first-order chi connectivity index (χ1) is 6.57. The number of halogens is 1. The van der Waals surface area contributed by atoms with Crippen LogP contribution in [-0.4, -0.2) is 17.7 Å². The van der Waals surface area contributed by atoms with Crippen molar-refractivity contribution in [3.63, 3.8) is 0 Å². The van der Waals surface area contributed by atoms with Crippen molar-refractivity contribution < 1.29 is 14.1 Å². The van der Waals surface area contributed by atoms with Crippen LogP contribution in [0.4, 0.5) is 0 Å². The number of carbonyl (C=O) groups excluding carboxylic acids is 1. The molecule has 0 fully saturated rings. The summed E-state index contributed by atoms with van der Waals surface area (Å²) in [6, 6.07) is 0. The molecule has 5 heteroatoms. The van der Waals surface area contributed by atoms with Crippen LogP contribution in [0.2, 0.25) is 5.22 Å². The Morgan fingerprint density at radius 2 is 2.29 bits per heavy atom. The van der Waals surface area contributed by atoms with Crippen LogP contribution in [0.3, 0.4) is 0 Å². The second-order valence-corrected chi connectivity index (χ2v) is 3.43. The van der Waals surface area contributed by atoms with E-state index in [9.17, 15) is 4.79 Å². The molecule has 1 rings (SSSR count). The zero-order valence-corrected chi connectivity index (χ0v) is 9.09. The minimum absolute atomic E-state index is 0.00727. The van der Waals surface area contributed by atoms with Crippen molar-refractivity contribution in [3.8, 4) is 0 Å². The molecule has 78 valence electrons. The highest BCUT2D eigenvalue weighted by Gasteiger charge is 2.24. The number of rotatable bonds is 3. The molecule has 0 unspecified atom stereocenters. The van der Waals surface area contributed by atoms with Crippen LogP contribution in [0.5, 0.6) is 0 Å². The molecule has 0 atom stereocenters. The van der Waals surface area contributed by atoms with Crippen molar-refractivity contribution >= 4 is 17.6 Å². The SMILES string of the molecule is CCOC(=O)c1c(C(C)C)noc1Cl. The van der Waals surface area contributed by atoms with Gasteiger partial charge in [0.2, 0.25) is 5.22 Å². The second kappa shape index (κ2) is 4.46. The number of esters is 1. The van der Waals surface area contributed by atoms with Crippen LogP contribution in [0.25, 0.3) is 0 Å². The van der Waals surface area contributed by atoms with E-state index in [2.05, 4.69) is 5.16 Å². The summed E-state index contributed by atoms with van der Waals surface area (Å²) < 4.78 is 9.57. The fourth-order valence-corrected chi connectivity index (χ4v) is 1.27. The molecule has 1 aromatic heterocycles. The largest absolute Gasteiger partial charge is 0.462 e. The quantitative estimate of drug-likeness (QED) is 0.731. The molecule has 4 nitrogen and oxygen atoms in total. The minimum Gasteiger partial charge on any atom is -0.462 e. The molecule has 0 aliphatic rings. The lowest BCUT2D eigenvalue weighted by atomic mass is 10.1. The second-order valence-electron chi connectivity index (χ2n) is 3.09. The molecular formula is C9H12ClNO3. The van der Waals surface area contributed by atoms with Crippen LogP contribution in [0, 0.1) is 0 Å². The van der Waals surface area contributed by atoms with E-state index < -0.39 is 5.97 Å². The van der Waals surface area contributed by atoms with Gasteiger partial charge in [0.05, 0.1) is 6.61 Å². The number of ether oxygens (including phenoxy) is 1. The van der Waals surface area contributed by atoms with Crippen molar-refractivity contribution in [3.05, 3.63) is 16.5 Å². The van der Waals surface area contributed by atoms with Crippen molar-refractivity contribution in [2.24, 2.45) is 0 Å². The third-order valence-electron chi connectivity index (χ3n) is 1.70. The van der Waals surface area contributed by atoms with E-state index >= 15 is 0 Å². The predicted molar refractivity (Wildman–Crippen MR) is 51.6 cm³/mol. The molecular weight excluding hydrogens is 206 g/mol. The molecule has 0 aromatic carbocycles. The van der Waals surface area contributed by atoms with Crippen molar-refractivity contribution in [2.75, 3.05) is 6.61 Å². The fourth-order valence-electron chi connectivity index (χ4n) is 1.06. The Balaban J connectivity index is 3.04. The van der Waals surface area contributed by atoms with Gasteiger partial charge < -0.3 is 9.26 Å². The van der Waals surface area contributed by atoms with E-state index in [1.54, 1.807) is 6.92 Å². The lowest BCUT2D eigenvalue weighted by Crippen LogP contribution is -2.08. The number of hydrogen-bond acceptors (Lipinski definition) is 4. The van der Waals surface area contributed by atoms with Gasteiger partial charge in [0.15, 0.2) is 0 Å². The Bertz CT molecular complexity index is 333. The van der Waals surface area contributed by atoms with Crippen LogP contribution in [-0.2, 0) is 4.74 Å². The highest BCUT2D eigenvalue weighted by Crippen LogP contribution is 2.26. The maximum absolute atomic E-state index is 11.4. The molecule has 0 N–H and O–H groups in total. The third-order valence-corrected chi connectivity index (χ3v) is 1.96. The van der Waals surface area contributed by atoms with Crippen LogP contribution in [0.15, 0.2) is 4.52 Å². The van der Waals surface area contributed by atoms with Crippen molar-refractivity contribution in [2.45, 2.75) is 26.7 Å². The van der Waals surface area contributed by atoms with Gasteiger partial charge in [0.25, 0.3) is 0 Å². The van der Waals surface area contributed by atoms with E-state index in [4.69, 9.17) is 20.9 Å². The van der Waals surface area contributed by atoms with E-state index in [-0.39, 0.29) is 16.7 Å². The molecule has 1 heterocycles. The van der Waals surface area contributed by atoms with Gasteiger partial charge >= 0.3 is 5.97 Å². The Morgan fingerprint density at radius 3 is 2.79 bits per heavy atom. The van der Waals surface area contributed by atoms with E-state index in [1.165, 1.54) is 0 Å². The number of carbonyl (C=O) groups is 1. The monoisotopic (exact) mass is 217 g/mol.